The van der Waals surface area contributed by atoms with Crippen LogP contribution < -0.4 is 10.7 Å². The van der Waals surface area contributed by atoms with Gasteiger partial charge in [-0.3, -0.25) is 4.98 Å². The smallest absolute Gasteiger partial charge is 0.406 e. The van der Waals surface area contributed by atoms with E-state index in [1.807, 2.05) is 18.2 Å². The number of aromatic nitrogens is 1. The summed E-state index contributed by atoms with van der Waals surface area (Å²) in [7, 11) is 2.12. The number of H-pyrrole nitrogens is 1. The minimum absolute atomic E-state index is 0. The third-order valence-corrected chi connectivity index (χ3v) is 3.27. The molecule has 0 spiro atoms. The van der Waals surface area contributed by atoms with Gasteiger partial charge in [0.1, 0.15) is 0 Å². The van der Waals surface area contributed by atoms with Gasteiger partial charge in [-0.15, -0.1) is 24.8 Å². The Kier molecular flexibility index (Phi) is 5.29. The Morgan fingerprint density at radius 2 is 1.84 bits per heavy atom. The standard InChI is InChI=1S/C12H15N3O2.2ClH/c1-14-5-7-15(8-6-14)10-4-2-3-9-11(10)17-12(16)13-9;;/h2-4H,5-8H2,1H3,(H,13,16);2*1H. The first kappa shape index (κ1) is 15.9. The molecule has 7 heteroatoms. The monoisotopic (exact) mass is 305 g/mol. The van der Waals surface area contributed by atoms with Crippen LogP contribution in [-0.4, -0.2) is 43.1 Å². The summed E-state index contributed by atoms with van der Waals surface area (Å²) in [6, 6.07) is 5.81. The summed E-state index contributed by atoms with van der Waals surface area (Å²) in [6.45, 7) is 3.99. The van der Waals surface area contributed by atoms with Crippen LogP contribution in [-0.2, 0) is 0 Å². The van der Waals surface area contributed by atoms with Crippen LogP contribution in [0.25, 0.3) is 11.1 Å². The number of aromatic amines is 1. The Morgan fingerprint density at radius 1 is 1.16 bits per heavy atom. The molecule has 0 amide bonds. The number of anilines is 1. The SMILES string of the molecule is CN1CCN(c2cccc3[nH]c(=O)oc23)CC1.Cl.Cl. The molecule has 1 saturated heterocycles. The zero-order chi connectivity index (χ0) is 11.8. The molecule has 0 saturated carbocycles. The number of rotatable bonds is 1. The first-order valence-electron chi connectivity index (χ1n) is 5.79. The highest BCUT2D eigenvalue weighted by Crippen LogP contribution is 2.25. The van der Waals surface area contributed by atoms with E-state index in [1.54, 1.807) is 0 Å². The molecule has 19 heavy (non-hydrogen) atoms. The normalized spacial score (nSPS) is 15.9. The lowest BCUT2D eigenvalue weighted by Crippen LogP contribution is -2.44. The Balaban J connectivity index is 0.000000902. The highest BCUT2D eigenvalue weighted by atomic mass is 35.5. The topological polar surface area (TPSA) is 52.5 Å². The molecular weight excluding hydrogens is 289 g/mol. The van der Waals surface area contributed by atoms with E-state index in [0.717, 1.165) is 37.4 Å². The molecule has 0 unspecified atom stereocenters. The van der Waals surface area contributed by atoms with E-state index >= 15 is 0 Å². The summed E-state index contributed by atoms with van der Waals surface area (Å²) in [5, 5.41) is 0. The van der Waals surface area contributed by atoms with E-state index in [-0.39, 0.29) is 30.6 Å². The van der Waals surface area contributed by atoms with Crippen molar-refractivity contribution in [1.29, 1.82) is 0 Å². The molecule has 0 bridgehead atoms. The van der Waals surface area contributed by atoms with Crippen molar-refractivity contribution in [3.63, 3.8) is 0 Å². The van der Waals surface area contributed by atoms with Gasteiger partial charge >= 0.3 is 5.76 Å². The second kappa shape index (κ2) is 6.32. The van der Waals surface area contributed by atoms with Crippen LogP contribution in [0.4, 0.5) is 5.69 Å². The molecule has 2 aromatic rings. The molecule has 1 aromatic heterocycles. The van der Waals surface area contributed by atoms with E-state index in [4.69, 9.17) is 4.42 Å². The maximum Gasteiger partial charge on any atom is 0.417 e. The van der Waals surface area contributed by atoms with Crippen LogP contribution in [0.15, 0.2) is 27.4 Å². The zero-order valence-electron chi connectivity index (χ0n) is 10.6. The number of hydrogen-bond acceptors (Lipinski definition) is 4. The second-order valence-electron chi connectivity index (χ2n) is 4.46. The number of likely N-dealkylation sites (N-methyl/N-ethyl adjacent to an activating group) is 1. The van der Waals surface area contributed by atoms with Gasteiger partial charge in [0.15, 0.2) is 5.58 Å². The quantitative estimate of drug-likeness (QED) is 0.871. The highest BCUT2D eigenvalue weighted by molar-refractivity contribution is 5.86. The van der Waals surface area contributed by atoms with Gasteiger partial charge in [0.25, 0.3) is 0 Å². The Bertz CT molecular complexity index is 588. The van der Waals surface area contributed by atoms with Gasteiger partial charge in [0, 0.05) is 26.2 Å². The molecule has 1 aliphatic heterocycles. The minimum atomic E-state index is -0.387. The van der Waals surface area contributed by atoms with Gasteiger partial charge in [-0.2, -0.15) is 0 Å². The number of fused-ring (bicyclic) bond motifs is 1. The average molecular weight is 306 g/mol. The van der Waals surface area contributed by atoms with Crippen LogP contribution in [0, 0.1) is 0 Å². The fourth-order valence-electron chi connectivity index (χ4n) is 2.26. The number of nitrogens with one attached hydrogen (secondary N) is 1. The number of nitrogens with zero attached hydrogens (tertiary/aromatic N) is 2. The van der Waals surface area contributed by atoms with Gasteiger partial charge in [0.05, 0.1) is 11.2 Å². The van der Waals surface area contributed by atoms with E-state index in [2.05, 4.69) is 21.8 Å². The van der Waals surface area contributed by atoms with Crippen molar-refractivity contribution < 1.29 is 4.42 Å². The Labute approximate surface area is 123 Å². The predicted octanol–water partition coefficient (Wildman–Crippen LogP) is 1.72. The minimum Gasteiger partial charge on any atom is -0.406 e. The van der Waals surface area contributed by atoms with Crippen LogP contribution in [0.3, 0.4) is 0 Å². The molecule has 1 N–H and O–H groups in total. The molecule has 0 atom stereocenters. The molecule has 3 rings (SSSR count). The van der Waals surface area contributed by atoms with Gasteiger partial charge in [-0.25, -0.2) is 4.79 Å². The van der Waals surface area contributed by atoms with E-state index in [9.17, 15) is 4.79 Å². The summed E-state index contributed by atoms with van der Waals surface area (Å²) >= 11 is 0. The van der Waals surface area contributed by atoms with Crippen molar-refractivity contribution in [3.8, 4) is 0 Å². The molecule has 1 aromatic carbocycles. The molecule has 0 radical (unpaired) electrons. The first-order valence-corrected chi connectivity index (χ1v) is 5.79. The van der Waals surface area contributed by atoms with E-state index in [0.29, 0.717) is 5.58 Å². The maximum atomic E-state index is 11.2. The van der Waals surface area contributed by atoms with Crippen molar-refractivity contribution in [2.24, 2.45) is 0 Å². The Hall–Kier alpha value is -1.17. The summed E-state index contributed by atoms with van der Waals surface area (Å²) in [4.78, 5) is 18.5. The van der Waals surface area contributed by atoms with Crippen molar-refractivity contribution in [2.45, 2.75) is 0 Å². The summed E-state index contributed by atoms with van der Waals surface area (Å²) < 4.78 is 5.21. The van der Waals surface area contributed by atoms with Crippen molar-refractivity contribution >= 4 is 41.6 Å². The highest BCUT2D eigenvalue weighted by Gasteiger charge is 2.18. The number of oxazole rings is 1. The number of piperazine rings is 1. The third-order valence-electron chi connectivity index (χ3n) is 3.27. The first-order chi connectivity index (χ1) is 8.24. The van der Waals surface area contributed by atoms with Crippen LogP contribution >= 0.6 is 24.8 Å². The largest absolute Gasteiger partial charge is 0.417 e. The Morgan fingerprint density at radius 3 is 2.53 bits per heavy atom. The number of halogens is 2. The van der Waals surface area contributed by atoms with Crippen LogP contribution in [0.1, 0.15) is 0 Å². The molecule has 5 nitrogen and oxygen atoms in total. The van der Waals surface area contributed by atoms with Crippen molar-refractivity contribution in [3.05, 3.63) is 28.7 Å². The van der Waals surface area contributed by atoms with E-state index in [1.165, 1.54) is 0 Å². The van der Waals surface area contributed by atoms with Gasteiger partial charge in [-0.1, -0.05) is 6.07 Å². The molecule has 106 valence electrons. The van der Waals surface area contributed by atoms with Gasteiger partial charge in [0.2, 0.25) is 0 Å². The molecular formula is C12H17Cl2N3O2. The predicted molar refractivity (Wildman–Crippen MR) is 81.0 cm³/mol. The lowest BCUT2D eigenvalue weighted by molar-refractivity contribution is 0.313. The summed E-state index contributed by atoms with van der Waals surface area (Å²) in [5.74, 6) is -0.387. The van der Waals surface area contributed by atoms with Crippen molar-refractivity contribution in [2.75, 3.05) is 38.1 Å². The van der Waals surface area contributed by atoms with Gasteiger partial charge < -0.3 is 14.2 Å². The number of para-hydroxylation sites is 1. The fourth-order valence-corrected chi connectivity index (χ4v) is 2.26. The average Bonchev–Trinajstić information content (AvgIpc) is 2.70. The lowest BCUT2D eigenvalue weighted by Gasteiger charge is -2.33. The fraction of sp³-hybridized carbons (Fsp3) is 0.417. The molecule has 1 fully saturated rings. The van der Waals surface area contributed by atoms with Gasteiger partial charge in [-0.05, 0) is 19.2 Å². The molecule has 1 aliphatic rings. The molecule has 2 heterocycles. The van der Waals surface area contributed by atoms with Crippen molar-refractivity contribution in [1.82, 2.24) is 9.88 Å². The number of hydrogen-bond donors (Lipinski definition) is 1. The zero-order valence-corrected chi connectivity index (χ0v) is 12.2. The van der Waals surface area contributed by atoms with Crippen LogP contribution in [0.2, 0.25) is 0 Å². The maximum absolute atomic E-state index is 11.2. The lowest BCUT2D eigenvalue weighted by atomic mass is 10.2. The second-order valence-corrected chi connectivity index (χ2v) is 4.46. The number of benzene rings is 1. The summed E-state index contributed by atoms with van der Waals surface area (Å²) in [6.07, 6.45) is 0. The molecule has 0 aliphatic carbocycles. The summed E-state index contributed by atoms with van der Waals surface area (Å²) in [5.41, 5.74) is 2.45. The van der Waals surface area contributed by atoms with Crippen LogP contribution in [0.5, 0.6) is 0 Å². The third kappa shape index (κ3) is 3.05. The van der Waals surface area contributed by atoms with E-state index < -0.39 is 0 Å².